The van der Waals surface area contributed by atoms with Gasteiger partial charge in [0.25, 0.3) is 11.8 Å². The van der Waals surface area contributed by atoms with E-state index in [1.165, 1.54) is 12.7 Å². The Balaban J connectivity index is 0.000000164. The normalized spacial score (nSPS) is 25.8. The molecule has 2 amide bonds. The molecule has 4 aliphatic rings. The molecule has 4 saturated heterocycles. The summed E-state index contributed by atoms with van der Waals surface area (Å²) in [6.45, 7) is 13.5. The number of rotatable bonds is 7. The molecule has 4 aromatic heterocycles. The molecule has 8 heterocycles. The maximum atomic E-state index is 12.6. The van der Waals surface area contributed by atoms with Crippen LogP contribution in [0.25, 0.3) is 22.3 Å². The lowest BCUT2D eigenvalue weighted by molar-refractivity contribution is -0.196. The summed E-state index contributed by atoms with van der Waals surface area (Å²) in [4.78, 5) is 51.0. The van der Waals surface area contributed by atoms with Crippen LogP contribution in [-0.2, 0) is 28.4 Å². The first-order valence-electron chi connectivity index (χ1n) is 19.2. The number of carbonyl (C=O) groups is 2. The van der Waals surface area contributed by atoms with Crippen molar-refractivity contribution >= 4 is 45.8 Å². The Morgan fingerprint density at radius 2 is 1.15 bits per heavy atom. The van der Waals surface area contributed by atoms with Gasteiger partial charge < -0.3 is 39.1 Å². The molecule has 18 heteroatoms. The van der Waals surface area contributed by atoms with Gasteiger partial charge in [-0.05, 0) is 58.4 Å². The molecule has 312 valence electrons. The van der Waals surface area contributed by atoms with Crippen LogP contribution in [0, 0.1) is 0 Å². The van der Waals surface area contributed by atoms with E-state index in [0.29, 0.717) is 50.8 Å². The molecule has 2 aromatic carbocycles. The maximum absolute atomic E-state index is 12.6. The predicted octanol–water partition coefficient (Wildman–Crippen LogP) is 6.18. The fourth-order valence-electron chi connectivity index (χ4n) is 7.76. The highest BCUT2D eigenvalue weighted by Gasteiger charge is 2.56. The summed E-state index contributed by atoms with van der Waals surface area (Å²) in [6, 6.07) is 17.8. The quantitative estimate of drug-likeness (QED) is 0.185. The van der Waals surface area contributed by atoms with Crippen LogP contribution < -0.4 is 10.6 Å². The van der Waals surface area contributed by atoms with E-state index in [4.69, 9.17) is 28.4 Å². The highest BCUT2D eigenvalue weighted by molar-refractivity contribution is 6.07. The van der Waals surface area contributed by atoms with Crippen molar-refractivity contribution in [2.75, 3.05) is 10.6 Å². The Morgan fingerprint density at radius 1 is 0.667 bits per heavy atom. The SMILES string of the molecule is C.C=C1O[C@@H](n2cnc3c(NC(=O)c4ccccc4)ncnc32)C2OC(C)(C)O[C@@H]12.CC[C@H]1O[C@@H](n2cnc3c(NC(=O)c4ccccc4)ncnc32)C2OC(C)(C)O[C@H]21. The number of anilines is 2. The van der Waals surface area contributed by atoms with E-state index < -0.39 is 24.0 Å². The summed E-state index contributed by atoms with van der Waals surface area (Å²) in [7, 11) is 0. The van der Waals surface area contributed by atoms with Crippen molar-refractivity contribution in [1.29, 1.82) is 0 Å². The summed E-state index contributed by atoms with van der Waals surface area (Å²) in [6.07, 6.45) is 4.57. The van der Waals surface area contributed by atoms with Crippen molar-refractivity contribution in [2.24, 2.45) is 0 Å². The number of hydrogen-bond acceptors (Lipinski definition) is 14. The molecule has 4 fully saturated rings. The number of hydrogen-bond donors (Lipinski definition) is 2. The van der Waals surface area contributed by atoms with Gasteiger partial charge in [-0.1, -0.05) is 57.3 Å². The second-order valence-corrected chi connectivity index (χ2v) is 15.3. The second-order valence-electron chi connectivity index (χ2n) is 15.3. The van der Waals surface area contributed by atoms with Crippen molar-refractivity contribution < 1.29 is 38.0 Å². The minimum atomic E-state index is -0.736. The summed E-state index contributed by atoms with van der Waals surface area (Å²) in [5.74, 6) is -0.786. The van der Waals surface area contributed by atoms with Crippen molar-refractivity contribution in [3.05, 3.63) is 109 Å². The largest absolute Gasteiger partial charge is 0.469 e. The van der Waals surface area contributed by atoms with Gasteiger partial charge in [-0.25, -0.2) is 29.9 Å². The number of aromatic nitrogens is 8. The van der Waals surface area contributed by atoms with Crippen LogP contribution in [0.4, 0.5) is 11.6 Å². The number of fused-ring (bicyclic) bond motifs is 4. The number of carbonyl (C=O) groups excluding carboxylic acids is 2. The Labute approximate surface area is 345 Å². The molecule has 0 bridgehead atoms. The van der Waals surface area contributed by atoms with E-state index in [1.54, 1.807) is 53.6 Å². The molecule has 4 aliphatic heterocycles. The molecular weight excluding hydrogens is 773 g/mol. The standard InChI is InChI=1S/C21H23N5O4.C20H19N5O4.CH4/c1-4-13-15-16(30-21(2,3)29-15)20(28-13)26-11-24-14-17(22-10-23-18(14)26)25-19(27)12-8-6-5-7-9-12;1-11-14-15(29-20(2,3)28-14)19(27-11)25-10-23-13-16(21-9-22-17(13)25)24-18(26)12-7-5-4-6-8-12;/h5-11,13,15-16,20H,4H2,1-3H3,(H,22,23,25,27);4-10,14-15,19H,1H2,2-3H3,(H,21,22,24,26);1H4/t13-,15+,16?,20-;14-,15?,19+;/m10./s1. The molecule has 0 saturated carbocycles. The number of imidazole rings is 2. The van der Waals surface area contributed by atoms with E-state index in [1.807, 2.05) is 56.5 Å². The molecule has 2 N–H and O–H groups in total. The lowest BCUT2D eigenvalue weighted by Crippen LogP contribution is -2.28. The van der Waals surface area contributed by atoms with Crippen molar-refractivity contribution in [1.82, 2.24) is 39.0 Å². The fourth-order valence-corrected chi connectivity index (χ4v) is 7.76. The molecule has 0 spiro atoms. The van der Waals surface area contributed by atoms with E-state index >= 15 is 0 Å². The van der Waals surface area contributed by atoms with Gasteiger partial charge in [0.05, 0.1) is 12.4 Å². The first kappa shape index (κ1) is 40.6. The highest BCUT2D eigenvalue weighted by Crippen LogP contribution is 2.46. The third-order valence-electron chi connectivity index (χ3n) is 10.3. The smallest absolute Gasteiger partial charge is 0.256 e. The third kappa shape index (κ3) is 7.47. The summed E-state index contributed by atoms with van der Waals surface area (Å²) < 4.78 is 39.8. The van der Waals surface area contributed by atoms with Gasteiger partial charge in [-0.2, -0.15) is 0 Å². The van der Waals surface area contributed by atoms with Crippen LogP contribution in [0.15, 0.2) is 98.3 Å². The molecule has 60 heavy (non-hydrogen) atoms. The molecule has 6 aromatic rings. The number of ether oxygens (including phenoxy) is 6. The molecule has 0 aliphatic carbocycles. The molecular formula is C42H46N10O8. The van der Waals surface area contributed by atoms with Crippen LogP contribution in [0.2, 0.25) is 0 Å². The molecule has 0 radical (unpaired) electrons. The third-order valence-corrected chi connectivity index (χ3v) is 10.3. The minimum absolute atomic E-state index is 0. The minimum Gasteiger partial charge on any atom is -0.469 e. The van der Waals surface area contributed by atoms with Crippen molar-refractivity contribution in [2.45, 2.75) is 103 Å². The van der Waals surface area contributed by atoms with Gasteiger partial charge in [0.2, 0.25) is 6.23 Å². The predicted molar refractivity (Wildman–Crippen MR) is 217 cm³/mol. The Bertz CT molecular complexity index is 2550. The molecule has 7 atom stereocenters. The van der Waals surface area contributed by atoms with Gasteiger partial charge in [-0.15, -0.1) is 0 Å². The first-order chi connectivity index (χ1) is 28.4. The molecule has 18 nitrogen and oxygen atoms in total. The monoisotopic (exact) mass is 818 g/mol. The van der Waals surface area contributed by atoms with Crippen molar-refractivity contribution in [3.8, 4) is 0 Å². The number of amides is 2. The van der Waals surface area contributed by atoms with Crippen LogP contribution in [0.1, 0.15) is 81.6 Å². The summed E-state index contributed by atoms with van der Waals surface area (Å²) >= 11 is 0. The van der Waals surface area contributed by atoms with Gasteiger partial charge in [0.15, 0.2) is 57.9 Å². The Hall–Kier alpha value is -6.18. The topological polar surface area (TPSA) is 201 Å². The maximum Gasteiger partial charge on any atom is 0.256 e. The lowest BCUT2D eigenvalue weighted by atomic mass is 10.1. The average molecular weight is 819 g/mol. The first-order valence-corrected chi connectivity index (χ1v) is 19.2. The Kier molecular flexibility index (Phi) is 10.7. The zero-order chi connectivity index (χ0) is 41.1. The van der Waals surface area contributed by atoms with E-state index in [0.717, 1.165) is 6.42 Å². The van der Waals surface area contributed by atoms with Crippen LogP contribution in [0.5, 0.6) is 0 Å². The van der Waals surface area contributed by atoms with E-state index in [9.17, 15) is 9.59 Å². The van der Waals surface area contributed by atoms with E-state index in [2.05, 4.69) is 54.0 Å². The van der Waals surface area contributed by atoms with Gasteiger partial charge >= 0.3 is 0 Å². The highest BCUT2D eigenvalue weighted by atomic mass is 16.8. The zero-order valence-corrected chi connectivity index (χ0v) is 32.9. The number of benzene rings is 2. The summed E-state index contributed by atoms with van der Waals surface area (Å²) in [5.41, 5.74) is 3.07. The van der Waals surface area contributed by atoms with Gasteiger partial charge in [0.1, 0.15) is 43.1 Å². The second kappa shape index (κ2) is 15.8. The van der Waals surface area contributed by atoms with E-state index in [-0.39, 0.29) is 49.8 Å². The van der Waals surface area contributed by atoms with Crippen LogP contribution in [-0.4, -0.2) is 92.9 Å². The van der Waals surface area contributed by atoms with Gasteiger partial charge in [-0.3, -0.25) is 18.7 Å². The zero-order valence-electron chi connectivity index (χ0n) is 32.9. The van der Waals surface area contributed by atoms with Crippen molar-refractivity contribution in [3.63, 3.8) is 0 Å². The number of nitrogens with zero attached hydrogens (tertiary/aromatic N) is 8. The molecule has 10 rings (SSSR count). The summed E-state index contributed by atoms with van der Waals surface area (Å²) in [5, 5.41) is 5.61. The number of nitrogens with one attached hydrogen (secondary N) is 2. The molecule has 2 unspecified atom stereocenters. The average Bonchev–Trinajstić information content (AvgIpc) is 4.08. The van der Waals surface area contributed by atoms with Crippen LogP contribution in [0.3, 0.4) is 0 Å². The lowest BCUT2D eigenvalue weighted by Gasteiger charge is -2.24. The Morgan fingerprint density at radius 3 is 1.68 bits per heavy atom. The van der Waals surface area contributed by atoms with Crippen LogP contribution >= 0.6 is 0 Å². The van der Waals surface area contributed by atoms with Gasteiger partial charge in [0, 0.05) is 11.1 Å². The fraction of sp³-hybridized carbons (Fsp3) is 0.381.